The molecule has 6 rings (SSSR count). The van der Waals surface area contributed by atoms with Crippen molar-refractivity contribution >= 4 is 17.6 Å². The number of nitrogens with one attached hydrogen (secondary N) is 1. The van der Waals surface area contributed by atoms with Gasteiger partial charge in [0.1, 0.15) is 5.82 Å². The van der Waals surface area contributed by atoms with Gasteiger partial charge in [0.2, 0.25) is 0 Å². The standard InChI is InChI=1S/C29H32N8O2/c1-35-16-22(14-32-35)21-12-26(27(30)31-13-21)28(38)34-24-9-10-36(18-24)29(39)20-6-4-5-19(11-20)23-15-33-37(17-23)25-7-2-3-8-25/h4-6,11-17,24-25H,2-3,7-10,18H2,1H3,(H2,30,31)(H,34,38)/t24-/m1/s1. The van der Waals surface area contributed by atoms with Gasteiger partial charge in [0.15, 0.2) is 0 Å². The molecule has 2 aliphatic rings. The molecule has 1 aliphatic heterocycles. The van der Waals surface area contributed by atoms with Crippen LogP contribution in [0.3, 0.4) is 0 Å². The fraction of sp³-hybridized carbons (Fsp3) is 0.345. The number of benzene rings is 1. The van der Waals surface area contributed by atoms with E-state index in [2.05, 4.69) is 31.4 Å². The summed E-state index contributed by atoms with van der Waals surface area (Å²) in [5, 5.41) is 11.8. The first-order valence-corrected chi connectivity index (χ1v) is 13.4. The second-order valence-electron chi connectivity index (χ2n) is 10.5. The number of nitrogen functional groups attached to an aromatic ring is 1. The SMILES string of the molecule is Cn1cc(-c2cnc(N)c(C(=O)N[C@@H]3CCN(C(=O)c4cccc(-c5cnn(C6CCCC6)c5)c4)C3)c2)cn1. The molecule has 0 spiro atoms. The molecule has 0 bridgehead atoms. The Kier molecular flexibility index (Phi) is 6.60. The number of carbonyl (C=O) groups excluding carboxylic acids is 2. The average Bonchev–Trinajstić information content (AvgIpc) is 3.76. The number of aryl methyl sites for hydroxylation is 1. The molecule has 0 unspecified atom stereocenters. The number of aromatic nitrogens is 5. The Bertz CT molecular complexity index is 1520. The molecule has 3 N–H and O–H groups in total. The van der Waals surface area contributed by atoms with Gasteiger partial charge in [-0.15, -0.1) is 0 Å². The molecule has 39 heavy (non-hydrogen) atoms. The lowest BCUT2D eigenvalue weighted by Gasteiger charge is -2.18. The van der Waals surface area contributed by atoms with Crippen LogP contribution in [-0.4, -0.2) is 60.4 Å². The van der Waals surface area contributed by atoms with Crippen LogP contribution in [-0.2, 0) is 7.05 Å². The van der Waals surface area contributed by atoms with Gasteiger partial charge in [0.05, 0.1) is 24.0 Å². The van der Waals surface area contributed by atoms with Crippen LogP contribution in [0.1, 0.15) is 58.9 Å². The first kappa shape index (κ1) is 24.8. The van der Waals surface area contributed by atoms with E-state index < -0.39 is 0 Å². The van der Waals surface area contributed by atoms with Crippen molar-refractivity contribution in [3.63, 3.8) is 0 Å². The van der Waals surface area contributed by atoms with Crippen molar-refractivity contribution < 1.29 is 9.59 Å². The van der Waals surface area contributed by atoms with E-state index in [-0.39, 0.29) is 23.7 Å². The highest BCUT2D eigenvalue weighted by Crippen LogP contribution is 2.31. The Balaban J connectivity index is 1.11. The lowest BCUT2D eigenvalue weighted by atomic mass is 10.1. The van der Waals surface area contributed by atoms with E-state index >= 15 is 0 Å². The van der Waals surface area contributed by atoms with Crippen molar-refractivity contribution in [2.24, 2.45) is 7.05 Å². The van der Waals surface area contributed by atoms with Crippen molar-refractivity contribution in [2.45, 2.75) is 44.2 Å². The summed E-state index contributed by atoms with van der Waals surface area (Å²) in [6.07, 6.45) is 14.7. The zero-order valence-corrected chi connectivity index (χ0v) is 22.0. The van der Waals surface area contributed by atoms with Crippen LogP contribution in [0.4, 0.5) is 5.82 Å². The second-order valence-corrected chi connectivity index (χ2v) is 10.5. The van der Waals surface area contributed by atoms with Gasteiger partial charge in [-0.05, 0) is 43.0 Å². The normalized spacial score (nSPS) is 17.6. The summed E-state index contributed by atoms with van der Waals surface area (Å²) in [6.45, 7) is 1.00. The number of amides is 2. The predicted octanol–water partition coefficient (Wildman–Crippen LogP) is 3.69. The highest BCUT2D eigenvalue weighted by Gasteiger charge is 2.29. The van der Waals surface area contributed by atoms with Gasteiger partial charge in [-0.1, -0.05) is 25.0 Å². The summed E-state index contributed by atoms with van der Waals surface area (Å²) in [7, 11) is 1.83. The number of anilines is 1. The van der Waals surface area contributed by atoms with Crippen LogP contribution >= 0.6 is 0 Å². The number of nitrogens with zero attached hydrogens (tertiary/aromatic N) is 6. The molecule has 200 valence electrons. The van der Waals surface area contributed by atoms with Gasteiger partial charge in [0.25, 0.3) is 11.8 Å². The van der Waals surface area contributed by atoms with Gasteiger partial charge in [-0.2, -0.15) is 10.2 Å². The molecule has 10 heteroatoms. The van der Waals surface area contributed by atoms with Crippen molar-refractivity contribution in [3.8, 4) is 22.3 Å². The van der Waals surface area contributed by atoms with Crippen LogP contribution in [0, 0.1) is 0 Å². The van der Waals surface area contributed by atoms with Crippen LogP contribution in [0.25, 0.3) is 22.3 Å². The first-order chi connectivity index (χ1) is 18.9. The summed E-state index contributed by atoms with van der Waals surface area (Å²) >= 11 is 0. The third-order valence-corrected chi connectivity index (χ3v) is 7.76. The minimum absolute atomic E-state index is 0.0449. The maximum Gasteiger partial charge on any atom is 0.255 e. The van der Waals surface area contributed by atoms with Crippen LogP contribution in [0.15, 0.2) is 61.3 Å². The van der Waals surface area contributed by atoms with Crippen LogP contribution in [0.2, 0.25) is 0 Å². The van der Waals surface area contributed by atoms with E-state index in [4.69, 9.17) is 5.73 Å². The van der Waals surface area contributed by atoms with Crippen LogP contribution in [0.5, 0.6) is 0 Å². The maximum absolute atomic E-state index is 13.4. The second kappa shape index (κ2) is 10.4. The number of likely N-dealkylation sites (tertiary alicyclic amines) is 1. The Morgan fingerprint density at radius 3 is 2.54 bits per heavy atom. The molecule has 1 saturated heterocycles. The Labute approximate surface area is 226 Å². The molecule has 0 radical (unpaired) electrons. The fourth-order valence-corrected chi connectivity index (χ4v) is 5.58. The number of rotatable bonds is 6. The molecule has 3 aromatic heterocycles. The van der Waals surface area contributed by atoms with E-state index in [1.807, 2.05) is 43.7 Å². The van der Waals surface area contributed by atoms with E-state index in [1.165, 1.54) is 25.7 Å². The third kappa shape index (κ3) is 5.14. The largest absolute Gasteiger partial charge is 0.383 e. The van der Waals surface area contributed by atoms with Gasteiger partial charge in [0, 0.05) is 67.0 Å². The molecule has 1 aromatic carbocycles. The van der Waals surface area contributed by atoms with E-state index in [0.29, 0.717) is 36.7 Å². The minimum Gasteiger partial charge on any atom is -0.383 e. The van der Waals surface area contributed by atoms with E-state index in [0.717, 1.165) is 22.3 Å². The number of carbonyl (C=O) groups is 2. The zero-order chi connectivity index (χ0) is 26.9. The van der Waals surface area contributed by atoms with Gasteiger partial charge < -0.3 is 16.0 Å². The maximum atomic E-state index is 13.4. The number of pyridine rings is 1. The van der Waals surface area contributed by atoms with Crippen molar-refractivity contribution in [1.82, 2.24) is 34.8 Å². The molecule has 1 aliphatic carbocycles. The monoisotopic (exact) mass is 524 g/mol. The average molecular weight is 525 g/mol. The summed E-state index contributed by atoms with van der Waals surface area (Å²) in [5.41, 5.74) is 10.6. The molecule has 4 aromatic rings. The van der Waals surface area contributed by atoms with Crippen LogP contribution < -0.4 is 11.1 Å². The highest BCUT2D eigenvalue weighted by atomic mass is 16.2. The highest BCUT2D eigenvalue weighted by molar-refractivity contribution is 6.00. The zero-order valence-electron chi connectivity index (χ0n) is 22.0. The van der Waals surface area contributed by atoms with Crippen molar-refractivity contribution in [1.29, 1.82) is 0 Å². The van der Waals surface area contributed by atoms with E-state index in [1.54, 1.807) is 28.0 Å². The smallest absolute Gasteiger partial charge is 0.255 e. The molecular weight excluding hydrogens is 492 g/mol. The summed E-state index contributed by atoms with van der Waals surface area (Å²) < 4.78 is 3.76. The third-order valence-electron chi connectivity index (χ3n) is 7.76. The fourth-order valence-electron chi connectivity index (χ4n) is 5.58. The molecule has 2 amide bonds. The summed E-state index contributed by atoms with van der Waals surface area (Å²) in [4.78, 5) is 32.5. The molecule has 2 fully saturated rings. The molecule has 1 saturated carbocycles. The number of hydrogen-bond donors (Lipinski definition) is 2. The first-order valence-electron chi connectivity index (χ1n) is 13.4. The molecule has 10 nitrogen and oxygen atoms in total. The number of nitrogens with two attached hydrogens (primary N) is 1. The number of hydrogen-bond acceptors (Lipinski definition) is 6. The molecule has 1 atom stereocenters. The minimum atomic E-state index is -0.300. The lowest BCUT2D eigenvalue weighted by molar-refractivity contribution is 0.0783. The van der Waals surface area contributed by atoms with Gasteiger partial charge in [-0.3, -0.25) is 19.0 Å². The summed E-state index contributed by atoms with van der Waals surface area (Å²) in [5.74, 6) is -0.179. The Hall–Kier alpha value is -4.47. The lowest BCUT2D eigenvalue weighted by Crippen LogP contribution is -2.38. The topological polar surface area (TPSA) is 124 Å². The predicted molar refractivity (Wildman–Crippen MR) is 148 cm³/mol. The van der Waals surface area contributed by atoms with Crippen molar-refractivity contribution in [2.75, 3.05) is 18.8 Å². The van der Waals surface area contributed by atoms with Crippen molar-refractivity contribution in [3.05, 3.63) is 72.4 Å². The quantitative estimate of drug-likeness (QED) is 0.397. The molecule has 4 heterocycles. The van der Waals surface area contributed by atoms with Gasteiger partial charge in [-0.25, -0.2) is 4.98 Å². The van der Waals surface area contributed by atoms with E-state index in [9.17, 15) is 9.59 Å². The Morgan fingerprint density at radius 1 is 0.949 bits per heavy atom. The molecular formula is C29H32N8O2. The Morgan fingerprint density at radius 2 is 1.74 bits per heavy atom. The van der Waals surface area contributed by atoms with Gasteiger partial charge >= 0.3 is 0 Å². The summed E-state index contributed by atoms with van der Waals surface area (Å²) in [6, 6.07) is 9.73.